The van der Waals surface area contributed by atoms with E-state index in [1.807, 2.05) is 0 Å². The molecule has 0 saturated carbocycles. The van der Waals surface area contributed by atoms with Gasteiger partial charge in [-0.05, 0) is 56.2 Å². The molecular formula is C15H21N. The van der Waals surface area contributed by atoms with Gasteiger partial charge in [-0.1, -0.05) is 24.3 Å². The van der Waals surface area contributed by atoms with Gasteiger partial charge in [-0.15, -0.1) is 0 Å². The maximum Gasteiger partial charge on any atom is 0.00475 e. The van der Waals surface area contributed by atoms with Gasteiger partial charge in [0.15, 0.2) is 0 Å². The van der Waals surface area contributed by atoms with E-state index < -0.39 is 0 Å². The molecule has 1 heterocycles. The van der Waals surface area contributed by atoms with Crippen LogP contribution in [0.5, 0.6) is 0 Å². The van der Waals surface area contributed by atoms with Crippen LogP contribution in [0, 0.1) is 5.41 Å². The van der Waals surface area contributed by atoms with Crippen LogP contribution >= 0.6 is 0 Å². The highest BCUT2D eigenvalue weighted by molar-refractivity contribution is 5.35. The molecule has 0 radical (unpaired) electrons. The lowest BCUT2D eigenvalue weighted by Gasteiger charge is -2.25. The van der Waals surface area contributed by atoms with E-state index in [1.54, 1.807) is 11.1 Å². The van der Waals surface area contributed by atoms with E-state index in [4.69, 9.17) is 0 Å². The van der Waals surface area contributed by atoms with E-state index in [0.717, 1.165) is 0 Å². The van der Waals surface area contributed by atoms with Crippen LogP contribution in [0.25, 0.3) is 0 Å². The van der Waals surface area contributed by atoms with Gasteiger partial charge in [-0.25, -0.2) is 0 Å². The molecule has 0 bridgehead atoms. The first-order valence-corrected chi connectivity index (χ1v) is 6.49. The van der Waals surface area contributed by atoms with Crippen molar-refractivity contribution in [3.8, 4) is 0 Å². The molecule has 86 valence electrons. The number of hydrogen-bond acceptors (Lipinski definition) is 1. The Morgan fingerprint density at radius 2 is 1.75 bits per heavy atom. The second kappa shape index (κ2) is 3.59. The van der Waals surface area contributed by atoms with Crippen molar-refractivity contribution in [2.24, 2.45) is 5.41 Å². The van der Waals surface area contributed by atoms with E-state index in [9.17, 15) is 0 Å². The molecule has 2 aliphatic rings. The molecule has 1 aliphatic carbocycles. The summed E-state index contributed by atoms with van der Waals surface area (Å²) in [5.41, 5.74) is 3.79. The first-order valence-electron chi connectivity index (χ1n) is 6.49. The summed E-state index contributed by atoms with van der Waals surface area (Å²) in [6.07, 6.45) is 4.01. The Morgan fingerprint density at radius 1 is 1.12 bits per heavy atom. The fourth-order valence-corrected chi connectivity index (χ4v) is 3.47. The number of rotatable bonds is 1. The van der Waals surface area contributed by atoms with Gasteiger partial charge in [0.05, 0.1) is 0 Å². The Bertz CT molecular complexity index is 369. The van der Waals surface area contributed by atoms with Crippen LogP contribution in [0.1, 0.15) is 31.4 Å². The molecule has 1 aromatic rings. The highest BCUT2D eigenvalue weighted by Gasteiger charge is 2.42. The fraction of sp³-hybridized carbons (Fsp3) is 0.600. The standard InChI is InChI=1S/C15H21N/c1-12(2)16-8-7-15(11-16)9-13-5-3-4-6-14(13)10-15/h3-6,12H,7-11H2,1-2H3. The number of nitrogens with zero attached hydrogens (tertiary/aromatic N) is 1. The Kier molecular flexibility index (Phi) is 2.32. The number of hydrogen-bond donors (Lipinski definition) is 0. The Balaban J connectivity index is 1.81. The predicted octanol–water partition coefficient (Wildman–Crippen LogP) is 2.89. The number of fused-ring (bicyclic) bond motifs is 1. The average molecular weight is 215 g/mol. The van der Waals surface area contributed by atoms with Gasteiger partial charge < -0.3 is 4.90 Å². The van der Waals surface area contributed by atoms with Gasteiger partial charge in [0.2, 0.25) is 0 Å². The normalized spacial score (nSPS) is 23.2. The van der Waals surface area contributed by atoms with Crippen LogP contribution in [0.2, 0.25) is 0 Å². The van der Waals surface area contributed by atoms with Crippen molar-refractivity contribution in [1.82, 2.24) is 4.90 Å². The third kappa shape index (κ3) is 1.58. The topological polar surface area (TPSA) is 3.24 Å². The molecule has 0 N–H and O–H groups in total. The van der Waals surface area contributed by atoms with Crippen molar-refractivity contribution < 1.29 is 0 Å². The minimum absolute atomic E-state index is 0.577. The maximum absolute atomic E-state index is 2.64. The van der Waals surface area contributed by atoms with Crippen LogP contribution in [-0.4, -0.2) is 24.0 Å². The van der Waals surface area contributed by atoms with Crippen molar-refractivity contribution in [2.45, 2.75) is 39.2 Å². The SMILES string of the molecule is CC(C)N1CCC2(Cc3ccccc3C2)C1. The van der Waals surface area contributed by atoms with Gasteiger partial charge in [0.1, 0.15) is 0 Å². The van der Waals surface area contributed by atoms with Crippen molar-refractivity contribution >= 4 is 0 Å². The Labute approximate surface area is 98.5 Å². The summed E-state index contributed by atoms with van der Waals surface area (Å²) in [6, 6.07) is 9.73. The second-order valence-corrected chi connectivity index (χ2v) is 5.94. The summed E-state index contributed by atoms with van der Waals surface area (Å²) in [7, 11) is 0. The smallest absolute Gasteiger partial charge is 0.00475 e. The fourth-order valence-electron chi connectivity index (χ4n) is 3.47. The molecule has 0 unspecified atom stereocenters. The molecule has 0 amide bonds. The largest absolute Gasteiger partial charge is 0.300 e. The quantitative estimate of drug-likeness (QED) is 0.696. The minimum Gasteiger partial charge on any atom is -0.300 e. The molecule has 0 aromatic heterocycles. The van der Waals surface area contributed by atoms with Crippen LogP contribution in [0.3, 0.4) is 0 Å². The lowest BCUT2D eigenvalue weighted by Crippen LogP contribution is -2.32. The van der Waals surface area contributed by atoms with Gasteiger partial charge in [0.25, 0.3) is 0 Å². The first kappa shape index (κ1) is 10.3. The van der Waals surface area contributed by atoms with Crippen LogP contribution in [0.15, 0.2) is 24.3 Å². The van der Waals surface area contributed by atoms with Crippen molar-refractivity contribution in [1.29, 1.82) is 0 Å². The third-order valence-electron chi connectivity index (χ3n) is 4.45. The molecule has 16 heavy (non-hydrogen) atoms. The molecule has 1 fully saturated rings. The molecule has 3 rings (SSSR count). The summed E-state index contributed by atoms with van der Waals surface area (Å²) < 4.78 is 0. The van der Waals surface area contributed by atoms with Crippen molar-refractivity contribution in [3.63, 3.8) is 0 Å². The first-order chi connectivity index (χ1) is 7.69. The van der Waals surface area contributed by atoms with E-state index in [2.05, 4.69) is 43.0 Å². The lowest BCUT2D eigenvalue weighted by atomic mass is 9.84. The van der Waals surface area contributed by atoms with Gasteiger partial charge >= 0.3 is 0 Å². The maximum atomic E-state index is 2.64. The van der Waals surface area contributed by atoms with Crippen LogP contribution in [-0.2, 0) is 12.8 Å². The molecular weight excluding hydrogens is 194 g/mol. The van der Waals surface area contributed by atoms with Crippen LogP contribution in [0.4, 0.5) is 0 Å². The zero-order valence-electron chi connectivity index (χ0n) is 10.4. The highest BCUT2D eigenvalue weighted by Crippen LogP contribution is 2.44. The summed E-state index contributed by atoms with van der Waals surface area (Å²) >= 11 is 0. The summed E-state index contributed by atoms with van der Waals surface area (Å²) in [6.45, 7) is 7.24. The van der Waals surface area contributed by atoms with E-state index in [0.29, 0.717) is 11.5 Å². The Hall–Kier alpha value is -0.820. The van der Waals surface area contributed by atoms with Gasteiger partial charge in [0, 0.05) is 12.6 Å². The van der Waals surface area contributed by atoms with E-state index in [-0.39, 0.29) is 0 Å². The lowest BCUT2D eigenvalue weighted by molar-refractivity contribution is 0.228. The molecule has 1 aliphatic heterocycles. The summed E-state index contributed by atoms with van der Waals surface area (Å²) in [4.78, 5) is 2.64. The second-order valence-electron chi connectivity index (χ2n) is 5.94. The Morgan fingerprint density at radius 3 is 2.25 bits per heavy atom. The monoisotopic (exact) mass is 215 g/mol. The van der Waals surface area contributed by atoms with E-state index >= 15 is 0 Å². The zero-order chi connectivity index (χ0) is 11.2. The molecule has 1 saturated heterocycles. The van der Waals surface area contributed by atoms with Crippen LogP contribution < -0.4 is 0 Å². The molecule has 1 spiro atoms. The third-order valence-corrected chi connectivity index (χ3v) is 4.45. The minimum atomic E-state index is 0.577. The average Bonchev–Trinajstić information content (AvgIpc) is 2.82. The van der Waals surface area contributed by atoms with E-state index in [1.165, 1.54) is 32.4 Å². The van der Waals surface area contributed by atoms with Crippen molar-refractivity contribution in [3.05, 3.63) is 35.4 Å². The highest BCUT2D eigenvalue weighted by atomic mass is 15.2. The van der Waals surface area contributed by atoms with Crippen molar-refractivity contribution in [2.75, 3.05) is 13.1 Å². The van der Waals surface area contributed by atoms with Gasteiger partial charge in [-0.3, -0.25) is 0 Å². The number of likely N-dealkylation sites (tertiary alicyclic amines) is 1. The van der Waals surface area contributed by atoms with Gasteiger partial charge in [-0.2, -0.15) is 0 Å². The summed E-state index contributed by atoms with van der Waals surface area (Å²) in [5, 5.41) is 0. The molecule has 1 heteroatoms. The molecule has 0 atom stereocenters. The zero-order valence-corrected chi connectivity index (χ0v) is 10.4. The number of benzene rings is 1. The summed E-state index contributed by atoms with van der Waals surface area (Å²) in [5.74, 6) is 0. The predicted molar refractivity (Wildman–Crippen MR) is 67.6 cm³/mol. The molecule has 1 aromatic carbocycles. The molecule has 1 nitrogen and oxygen atoms in total.